The van der Waals surface area contributed by atoms with Gasteiger partial charge in [0.2, 0.25) is 0 Å². The molecule has 0 saturated carbocycles. The predicted octanol–water partition coefficient (Wildman–Crippen LogP) is 1.91. The first-order chi connectivity index (χ1) is 11.3. The molecule has 0 aliphatic rings. The van der Waals surface area contributed by atoms with Gasteiger partial charge in [0.25, 0.3) is 0 Å². The molecule has 1 heterocycles. The first-order valence-corrected chi connectivity index (χ1v) is 8.29. The molecule has 0 radical (unpaired) electrons. The van der Waals surface area contributed by atoms with Gasteiger partial charge in [0.1, 0.15) is 18.1 Å². The molecule has 0 aliphatic heterocycles. The maximum absolute atomic E-state index is 5.98. The minimum atomic E-state index is 0. The van der Waals surface area contributed by atoms with Crippen LogP contribution in [0, 0.1) is 0 Å². The van der Waals surface area contributed by atoms with Crippen molar-refractivity contribution in [2.75, 3.05) is 0 Å². The van der Waals surface area contributed by atoms with E-state index in [-0.39, 0.29) is 12.4 Å². The normalized spacial score (nSPS) is 10.2. The summed E-state index contributed by atoms with van der Waals surface area (Å²) in [5.41, 5.74) is 2.27. The molecule has 0 fully saturated rings. The number of rotatable bonds is 7. The number of ether oxygens (including phenoxy) is 1. The second-order valence-electron chi connectivity index (χ2n) is 5.21. The molecular weight excluding hydrogens is 390 g/mol. The number of hydrogen-bond acceptors (Lipinski definition) is 3. The Morgan fingerprint density at radius 3 is 2.54 bits per heavy atom. The lowest BCUT2D eigenvalue weighted by Crippen LogP contribution is -3.00. The summed E-state index contributed by atoms with van der Waals surface area (Å²) in [4.78, 5) is 0. The molecule has 126 valence electrons. The molecule has 24 heavy (non-hydrogen) atoms. The third-order valence-corrected chi connectivity index (χ3v) is 3.95. The minimum absolute atomic E-state index is 0. The predicted molar refractivity (Wildman–Crippen MR) is 94.2 cm³/mol. The topological polar surface area (TPSA) is 34.4 Å². The van der Waals surface area contributed by atoms with E-state index < -0.39 is 0 Å². The summed E-state index contributed by atoms with van der Waals surface area (Å²) in [5.74, 6) is 1.82. The van der Waals surface area contributed by atoms with Crippen LogP contribution < -0.4 is 22.5 Å². The summed E-state index contributed by atoms with van der Waals surface area (Å²) in [5, 5.41) is 3.38. The van der Waals surface area contributed by atoms with Crippen molar-refractivity contribution in [2.45, 2.75) is 19.7 Å². The number of furan rings is 1. The molecule has 0 unspecified atom stereocenters. The zero-order valence-electron chi connectivity index (χ0n) is 13.0. The fraction of sp³-hybridized carbons (Fsp3) is 0.158. The summed E-state index contributed by atoms with van der Waals surface area (Å²) in [6.07, 6.45) is 1.69. The first-order valence-electron chi connectivity index (χ1n) is 7.49. The van der Waals surface area contributed by atoms with E-state index in [1.807, 2.05) is 42.5 Å². The van der Waals surface area contributed by atoms with Crippen LogP contribution in [0.1, 0.15) is 16.9 Å². The monoisotopic (exact) mass is 406 g/mol. The zero-order chi connectivity index (χ0) is 15.9. The summed E-state index contributed by atoms with van der Waals surface area (Å²) >= 11 is 3.52. The van der Waals surface area contributed by atoms with Crippen LogP contribution in [0.4, 0.5) is 0 Å². The van der Waals surface area contributed by atoms with Crippen molar-refractivity contribution in [1.82, 2.24) is 5.32 Å². The van der Waals surface area contributed by atoms with Crippen LogP contribution in [0.3, 0.4) is 0 Å². The van der Waals surface area contributed by atoms with Crippen LogP contribution in [-0.4, -0.2) is 0 Å². The molecule has 3 rings (SSSR count). The lowest BCUT2D eigenvalue weighted by atomic mass is 10.2. The van der Waals surface area contributed by atoms with Crippen molar-refractivity contribution in [2.24, 2.45) is 0 Å². The molecular formula is C19H18BrClNO2-. The van der Waals surface area contributed by atoms with Gasteiger partial charge in [0.15, 0.2) is 0 Å². The number of nitrogens with one attached hydrogen (secondary N) is 1. The van der Waals surface area contributed by atoms with E-state index in [0.29, 0.717) is 19.7 Å². The average Bonchev–Trinajstić information content (AvgIpc) is 3.08. The van der Waals surface area contributed by atoms with Crippen molar-refractivity contribution in [1.29, 1.82) is 0 Å². The highest BCUT2D eigenvalue weighted by atomic mass is 79.9. The molecule has 5 heteroatoms. The van der Waals surface area contributed by atoms with Crippen molar-refractivity contribution < 1.29 is 21.6 Å². The van der Waals surface area contributed by atoms with Gasteiger partial charge in [-0.25, -0.2) is 0 Å². The smallest absolute Gasteiger partial charge is 0.124 e. The second-order valence-corrected chi connectivity index (χ2v) is 6.12. The second kappa shape index (κ2) is 9.52. The van der Waals surface area contributed by atoms with Gasteiger partial charge in [-0.15, -0.1) is 0 Å². The maximum Gasteiger partial charge on any atom is 0.124 e. The number of benzene rings is 2. The first kappa shape index (κ1) is 18.6. The maximum atomic E-state index is 5.98. The molecule has 0 aliphatic carbocycles. The molecule has 0 amide bonds. The fourth-order valence-electron chi connectivity index (χ4n) is 2.30. The third kappa shape index (κ3) is 5.41. The molecule has 0 bridgehead atoms. The molecule has 0 atom stereocenters. The number of halogens is 2. The Morgan fingerprint density at radius 2 is 1.79 bits per heavy atom. The highest BCUT2D eigenvalue weighted by Crippen LogP contribution is 2.24. The van der Waals surface area contributed by atoms with Crippen LogP contribution in [0.2, 0.25) is 0 Å². The Kier molecular flexibility index (Phi) is 7.37. The molecule has 1 aromatic heterocycles. The summed E-state index contributed by atoms with van der Waals surface area (Å²) in [7, 11) is 0. The van der Waals surface area contributed by atoms with E-state index in [2.05, 4.69) is 39.4 Å². The average molecular weight is 408 g/mol. The van der Waals surface area contributed by atoms with Gasteiger partial charge < -0.3 is 26.9 Å². The van der Waals surface area contributed by atoms with E-state index in [0.717, 1.165) is 27.1 Å². The fourth-order valence-corrected chi connectivity index (χ4v) is 2.70. The third-order valence-electron chi connectivity index (χ3n) is 3.45. The highest BCUT2D eigenvalue weighted by molar-refractivity contribution is 9.10. The standard InChI is InChI=1S/C19H18BrNO2.ClH/c20-17-8-9-19(23-14-15-5-2-1-3-6-15)16(11-17)12-21-13-18-7-4-10-22-18;/h1-11,21H,12-14H2;1H/p-1. The Balaban J connectivity index is 0.00000208. The minimum Gasteiger partial charge on any atom is -1.00 e. The molecule has 1 N–H and O–H groups in total. The largest absolute Gasteiger partial charge is 1.00 e. The molecule has 0 spiro atoms. The molecule has 2 aromatic carbocycles. The molecule has 3 nitrogen and oxygen atoms in total. The Morgan fingerprint density at radius 1 is 0.958 bits per heavy atom. The Bertz CT molecular complexity index is 732. The highest BCUT2D eigenvalue weighted by Gasteiger charge is 2.06. The van der Waals surface area contributed by atoms with Gasteiger partial charge in [-0.1, -0.05) is 46.3 Å². The van der Waals surface area contributed by atoms with Crippen molar-refractivity contribution in [3.63, 3.8) is 0 Å². The lowest BCUT2D eigenvalue weighted by Gasteiger charge is -2.13. The Labute approximate surface area is 156 Å². The van der Waals surface area contributed by atoms with Gasteiger partial charge in [0, 0.05) is 16.6 Å². The lowest BCUT2D eigenvalue weighted by molar-refractivity contribution is -0.00000535. The van der Waals surface area contributed by atoms with Gasteiger partial charge in [-0.05, 0) is 35.9 Å². The van der Waals surface area contributed by atoms with Crippen LogP contribution in [0.15, 0.2) is 75.8 Å². The van der Waals surface area contributed by atoms with Crippen LogP contribution in [-0.2, 0) is 19.7 Å². The van der Waals surface area contributed by atoms with Gasteiger partial charge in [-0.3, -0.25) is 0 Å². The van der Waals surface area contributed by atoms with Gasteiger partial charge in [0.05, 0.1) is 12.8 Å². The van der Waals surface area contributed by atoms with Gasteiger partial charge >= 0.3 is 0 Å². The summed E-state index contributed by atoms with van der Waals surface area (Å²) in [6.45, 7) is 1.97. The Hall–Kier alpha value is -1.75. The van der Waals surface area contributed by atoms with Crippen molar-refractivity contribution in [3.05, 3.63) is 88.3 Å². The van der Waals surface area contributed by atoms with Crippen LogP contribution >= 0.6 is 15.9 Å². The summed E-state index contributed by atoms with van der Waals surface area (Å²) in [6, 6.07) is 20.1. The van der Waals surface area contributed by atoms with Crippen LogP contribution in [0.25, 0.3) is 0 Å². The van der Waals surface area contributed by atoms with E-state index in [1.54, 1.807) is 6.26 Å². The summed E-state index contributed by atoms with van der Waals surface area (Å²) < 4.78 is 12.4. The van der Waals surface area contributed by atoms with Crippen LogP contribution in [0.5, 0.6) is 5.75 Å². The number of hydrogen-bond donors (Lipinski definition) is 1. The van der Waals surface area contributed by atoms with E-state index >= 15 is 0 Å². The zero-order valence-corrected chi connectivity index (χ0v) is 15.4. The molecule has 3 aromatic rings. The molecule has 0 saturated heterocycles. The van der Waals surface area contributed by atoms with Crippen molar-refractivity contribution >= 4 is 15.9 Å². The van der Waals surface area contributed by atoms with Crippen molar-refractivity contribution in [3.8, 4) is 5.75 Å². The van der Waals surface area contributed by atoms with E-state index in [4.69, 9.17) is 9.15 Å². The van der Waals surface area contributed by atoms with Gasteiger partial charge in [-0.2, -0.15) is 0 Å². The van der Waals surface area contributed by atoms with E-state index in [9.17, 15) is 0 Å². The van der Waals surface area contributed by atoms with E-state index in [1.165, 1.54) is 0 Å². The quantitative estimate of drug-likeness (QED) is 0.650. The SMILES string of the molecule is Brc1ccc(OCc2ccccc2)c(CNCc2ccco2)c1.[Cl-].